The van der Waals surface area contributed by atoms with Crippen LogP contribution in [0.2, 0.25) is 10.0 Å². The molecule has 0 saturated heterocycles. The number of nitrogens with zero attached hydrogens (tertiary/aromatic N) is 1. The molecule has 0 unspecified atom stereocenters. The van der Waals surface area contributed by atoms with Crippen LogP contribution >= 0.6 is 34.8 Å². The molecule has 3 rings (SSSR count). The zero-order chi connectivity index (χ0) is 19.9. The van der Waals surface area contributed by atoms with Crippen LogP contribution in [0.3, 0.4) is 0 Å². The molecule has 2 aromatic carbocycles. The Bertz CT molecular complexity index is 869. The lowest BCUT2D eigenvalue weighted by Crippen LogP contribution is -2.29. The highest BCUT2D eigenvalue weighted by atomic mass is 35.5. The highest BCUT2D eigenvalue weighted by Crippen LogP contribution is 2.36. The average Bonchev–Trinajstić information content (AvgIpc) is 2.69. The summed E-state index contributed by atoms with van der Waals surface area (Å²) in [7, 11) is 0. The second-order valence-electron chi connectivity index (χ2n) is 6.21. The van der Waals surface area contributed by atoms with Crippen LogP contribution < -0.4 is 10.1 Å². The van der Waals surface area contributed by atoms with Crippen molar-refractivity contribution in [3.05, 3.63) is 69.2 Å². The molecule has 1 aliphatic rings. The van der Waals surface area contributed by atoms with Gasteiger partial charge in [-0.05, 0) is 35.9 Å². The maximum absolute atomic E-state index is 9.96. The number of aliphatic hydroxyl groups is 1. The number of halogens is 3. The van der Waals surface area contributed by atoms with Crippen LogP contribution in [-0.4, -0.2) is 37.2 Å². The molecule has 0 amide bonds. The minimum absolute atomic E-state index is 0.0539. The quantitative estimate of drug-likeness (QED) is 0.468. The number of ether oxygens (including phenoxy) is 1. The summed E-state index contributed by atoms with van der Waals surface area (Å²) in [5.74, 6) is 0.676. The fraction of sp³-hybridized carbons (Fsp3) is 0.250. The van der Waals surface area contributed by atoms with Gasteiger partial charge in [0, 0.05) is 34.3 Å². The molecule has 0 aliphatic carbocycles. The Balaban J connectivity index is 1.43. The van der Waals surface area contributed by atoms with Crippen LogP contribution in [0.15, 0.2) is 53.2 Å². The van der Waals surface area contributed by atoms with Crippen LogP contribution in [0.4, 0.5) is 0 Å². The SMILES string of the molecule is O[C@H](CNCc1ccc(Cl)cc1)CO/N=C\C1=C(Cl)c2cc(Cl)ccc2OC1. The molecule has 148 valence electrons. The van der Waals surface area contributed by atoms with E-state index in [9.17, 15) is 5.11 Å². The van der Waals surface area contributed by atoms with E-state index in [1.54, 1.807) is 18.2 Å². The first-order chi connectivity index (χ1) is 13.5. The van der Waals surface area contributed by atoms with E-state index in [0.717, 1.165) is 5.56 Å². The van der Waals surface area contributed by atoms with Crippen molar-refractivity contribution >= 4 is 46.0 Å². The Morgan fingerprint density at radius 1 is 1.14 bits per heavy atom. The van der Waals surface area contributed by atoms with Crippen molar-refractivity contribution in [1.82, 2.24) is 5.32 Å². The molecule has 0 spiro atoms. The van der Waals surface area contributed by atoms with Crippen LogP contribution in [0.1, 0.15) is 11.1 Å². The van der Waals surface area contributed by atoms with Crippen molar-refractivity contribution in [2.45, 2.75) is 12.6 Å². The van der Waals surface area contributed by atoms with Crippen molar-refractivity contribution < 1.29 is 14.7 Å². The Hall–Kier alpha value is -1.76. The molecule has 1 heterocycles. The summed E-state index contributed by atoms with van der Waals surface area (Å²) in [5.41, 5.74) is 2.47. The van der Waals surface area contributed by atoms with E-state index in [0.29, 0.717) is 45.1 Å². The summed E-state index contributed by atoms with van der Waals surface area (Å²) in [6.45, 7) is 1.33. The maximum Gasteiger partial charge on any atom is 0.144 e. The summed E-state index contributed by atoms with van der Waals surface area (Å²) in [6.07, 6.45) is 0.788. The Labute approximate surface area is 178 Å². The van der Waals surface area contributed by atoms with Crippen molar-refractivity contribution in [1.29, 1.82) is 0 Å². The predicted octanol–water partition coefficient (Wildman–Crippen LogP) is 4.49. The van der Waals surface area contributed by atoms with Crippen molar-refractivity contribution in [3.8, 4) is 5.75 Å². The molecule has 2 N–H and O–H groups in total. The van der Waals surface area contributed by atoms with Crippen molar-refractivity contribution in [2.75, 3.05) is 19.8 Å². The number of benzene rings is 2. The molecule has 28 heavy (non-hydrogen) atoms. The average molecular weight is 442 g/mol. The minimum atomic E-state index is -0.698. The van der Waals surface area contributed by atoms with E-state index >= 15 is 0 Å². The van der Waals surface area contributed by atoms with Gasteiger partial charge in [0.15, 0.2) is 0 Å². The van der Waals surface area contributed by atoms with E-state index in [1.165, 1.54) is 6.21 Å². The highest BCUT2D eigenvalue weighted by Gasteiger charge is 2.18. The first-order valence-electron chi connectivity index (χ1n) is 8.63. The fourth-order valence-corrected chi connectivity index (χ4v) is 3.11. The second-order valence-corrected chi connectivity index (χ2v) is 7.46. The monoisotopic (exact) mass is 440 g/mol. The van der Waals surface area contributed by atoms with E-state index in [1.807, 2.05) is 24.3 Å². The van der Waals surface area contributed by atoms with E-state index in [4.69, 9.17) is 44.4 Å². The topological polar surface area (TPSA) is 63.1 Å². The lowest BCUT2D eigenvalue weighted by atomic mass is 10.1. The van der Waals surface area contributed by atoms with Gasteiger partial charge in [0.1, 0.15) is 25.1 Å². The molecule has 0 bridgehead atoms. The highest BCUT2D eigenvalue weighted by molar-refractivity contribution is 6.51. The zero-order valence-corrected chi connectivity index (χ0v) is 17.1. The van der Waals surface area contributed by atoms with Gasteiger partial charge < -0.3 is 20.0 Å². The lowest BCUT2D eigenvalue weighted by molar-refractivity contribution is 0.0408. The van der Waals surface area contributed by atoms with Gasteiger partial charge in [-0.2, -0.15) is 0 Å². The van der Waals surface area contributed by atoms with Crippen molar-refractivity contribution in [2.24, 2.45) is 5.16 Å². The molecule has 0 radical (unpaired) electrons. The van der Waals surface area contributed by atoms with E-state index in [-0.39, 0.29) is 13.2 Å². The third-order valence-electron chi connectivity index (χ3n) is 4.02. The maximum atomic E-state index is 9.96. The first kappa shape index (κ1) is 21.0. The predicted molar refractivity (Wildman–Crippen MR) is 113 cm³/mol. The molecular weight excluding hydrogens is 423 g/mol. The molecule has 5 nitrogen and oxygen atoms in total. The Morgan fingerprint density at radius 2 is 1.89 bits per heavy atom. The standard InChI is InChI=1S/C20H19Cl3N2O3/c21-15-3-1-13(2-4-15)8-24-10-17(26)12-28-25-9-14-11-27-19-6-5-16(22)7-18(19)20(14)23/h1-7,9,17,24,26H,8,10-12H2/b25-9-/t17-/m1/s1. The minimum Gasteiger partial charge on any atom is -0.488 e. The molecule has 1 aliphatic heterocycles. The molecule has 0 saturated carbocycles. The van der Waals surface area contributed by atoms with Crippen LogP contribution in [-0.2, 0) is 11.4 Å². The number of hydrogen-bond donors (Lipinski definition) is 2. The molecular formula is C20H19Cl3N2O3. The zero-order valence-electron chi connectivity index (χ0n) is 14.9. The largest absolute Gasteiger partial charge is 0.488 e. The van der Waals surface area contributed by atoms with Gasteiger partial charge in [0.25, 0.3) is 0 Å². The van der Waals surface area contributed by atoms with E-state index in [2.05, 4.69) is 10.5 Å². The Morgan fingerprint density at radius 3 is 2.68 bits per heavy atom. The smallest absolute Gasteiger partial charge is 0.144 e. The summed E-state index contributed by atoms with van der Waals surface area (Å²) in [5, 5.41) is 18.8. The third-order valence-corrected chi connectivity index (χ3v) is 4.95. The van der Waals surface area contributed by atoms with Crippen LogP contribution in [0.5, 0.6) is 5.75 Å². The van der Waals surface area contributed by atoms with Gasteiger partial charge in [0.05, 0.1) is 11.2 Å². The third kappa shape index (κ3) is 5.87. The summed E-state index contributed by atoms with van der Waals surface area (Å²) in [4.78, 5) is 5.16. The molecule has 0 fully saturated rings. The van der Waals surface area contributed by atoms with Gasteiger partial charge in [-0.1, -0.05) is 52.1 Å². The van der Waals surface area contributed by atoms with Crippen LogP contribution in [0.25, 0.3) is 5.03 Å². The van der Waals surface area contributed by atoms with Gasteiger partial charge in [-0.15, -0.1) is 0 Å². The Kier molecular flexibility index (Phi) is 7.59. The summed E-state index contributed by atoms with van der Waals surface area (Å²) in [6, 6.07) is 12.8. The number of fused-ring (bicyclic) bond motifs is 1. The van der Waals surface area contributed by atoms with Gasteiger partial charge in [0.2, 0.25) is 0 Å². The van der Waals surface area contributed by atoms with E-state index < -0.39 is 6.10 Å². The summed E-state index contributed by atoms with van der Waals surface area (Å²) < 4.78 is 5.63. The van der Waals surface area contributed by atoms with Gasteiger partial charge >= 0.3 is 0 Å². The van der Waals surface area contributed by atoms with Gasteiger partial charge in [-0.3, -0.25) is 0 Å². The number of aliphatic hydroxyl groups excluding tert-OH is 1. The number of rotatable bonds is 8. The molecule has 0 aromatic heterocycles. The number of oxime groups is 1. The summed E-state index contributed by atoms with van der Waals surface area (Å²) >= 11 is 18.2. The number of hydrogen-bond acceptors (Lipinski definition) is 5. The van der Waals surface area contributed by atoms with Crippen LogP contribution in [0, 0.1) is 0 Å². The lowest BCUT2D eigenvalue weighted by Gasteiger charge is -2.18. The fourth-order valence-electron chi connectivity index (χ4n) is 2.56. The second kappa shape index (κ2) is 10.1. The molecule has 2 aromatic rings. The first-order valence-corrected chi connectivity index (χ1v) is 9.76. The number of nitrogens with one attached hydrogen (secondary N) is 1. The molecule has 1 atom stereocenters. The van der Waals surface area contributed by atoms with Crippen molar-refractivity contribution in [3.63, 3.8) is 0 Å². The normalized spacial score (nSPS) is 14.7. The van der Waals surface area contributed by atoms with Gasteiger partial charge in [-0.25, -0.2) is 0 Å². The molecule has 8 heteroatoms.